The van der Waals surface area contributed by atoms with Crippen molar-refractivity contribution in [2.24, 2.45) is 0 Å². The van der Waals surface area contributed by atoms with Crippen LogP contribution in [0.15, 0.2) is 48.5 Å². The van der Waals surface area contributed by atoms with E-state index in [-0.39, 0.29) is 18.5 Å². The van der Waals surface area contributed by atoms with Gasteiger partial charge in [0, 0.05) is 18.2 Å². The Morgan fingerprint density at radius 3 is 2.61 bits per heavy atom. The van der Waals surface area contributed by atoms with Crippen molar-refractivity contribution in [2.45, 2.75) is 32.4 Å². The van der Waals surface area contributed by atoms with Crippen LogP contribution in [-0.2, 0) is 6.54 Å². The standard InChI is InChI=1S/C25H29FN6O/c1-17-14-18(26)8-9-21(17)23-22-15-27-16-32(33,20-6-4-3-5-7-20)24(22)30-25(29-23)28-19-10-12-31(2)13-11-19/h3-9,14,19,27H,10-13,15-16H2,1-2H3,(H,28,29,30). The molecule has 5 rings (SSSR count). The predicted octanol–water partition coefficient (Wildman–Crippen LogP) is 4.29. The molecule has 8 heteroatoms. The number of para-hydroxylation sites is 1. The van der Waals surface area contributed by atoms with Gasteiger partial charge < -0.3 is 15.4 Å². The van der Waals surface area contributed by atoms with E-state index in [1.165, 1.54) is 12.1 Å². The fourth-order valence-electron chi connectivity index (χ4n) is 4.74. The molecule has 33 heavy (non-hydrogen) atoms. The second-order valence-electron chi connectivity index (χ2n) is 9.04. The second kappa shape index (κ2) is 8.79. The monoisotopic (exact) mass is 448 g/mol. The average Bonchev–Trinajstić information content (AvgIpc) is 2.81. The lowest BCUT2D eigenvalue weighted by Crippen LogP contribution is -2.50. The highest BCUT2D eigenvalue weighted by Crippen LogP contribution is 2.41. The van der Waals surface area contributed by atoms with E-state index in [2.05, 4.69) is 22.6 Å². The van der Waals surface area contributed by atoms with Gasteiger partial charge in [0.15, 0.2) is 0 Å². The van der Waals surface area contributed by atoms with Gasteiger partial charge in [-0.1, -0.05) is 18.2 Å². The summed E-state index contributed by atoms with van der Waals surface area (Å²) in [5.41, 5.74) is 3.62. The van der Waals surface area contributed by atoms with E-state index >= 15 is 0 Å². The van der Waals surface area contributed by atoms with Gasteiger partial charge >= 0.3 is 0 Å². The number of fused-ring (bicyclic) bond motifs is 1. The van der Waals surface area contributed by atoms with Crippen molar-refractivity contribution < 1.29 is 4.39 Å². The molecule has 2 N–H and O–H groups in total. The van der Waals surface area contributed by atoms with E-state index in [0.29, 0.717) is 29.7 Å². The Morgan fingerprint density at radius 2 is 1.88 bits per heavy atom. The lowest BCUT2D eigenvalue weighted by atomic mass is 10.00. The Balaban J connectivity index is 1.65. The number of nitrogens with zero attached hydrogens (tertiary/aromatic N) is 4. The first-order chi connectivity index (χ1) is 15.9. The smallest absolute Gasteiger partial charge is 0.243 e. The van der Waals surface area contributed by atoms with Crippen LogP contribution in [0.5, 0.6) is 0 Å². The maximum Gasteiger partial charge on any atom is 0.243 e. The summed E-state index contributed by atoms with van der Waals surface area (Å²) >= 11 is 0. The zero-order chi connectivity index (χ0) is 23.0. The van der Waals surface area contributed by atoms with Crippen molar-refractivity contribution in [2.75, 3.05) is 32.1 Å². The molecule has 2 aromatic carbocycles. The minimum atomic E-state index is -0.714. The fourth-order valence-corrected chi connectivity index (χ4v) is 4.74. The van der Waals surface area contributed by atoms with Crippen molar-refractivity contribution in [3.05, 3.63) is 70.7 Å². The first-order valence-electron chi connectivity index (χ1n) is 11.4. The fraction of sp³-hybridized carbons (Fsp3) is 0.360. The maximum atomic E-state index is 14.2. The Morgan fingerprint density at radius 1 is 1.12 bits per heavy atom. The number of quaternary nitrogens is 1. The number of aryl methyl sites for hydroxylation is 1. The molecule has 2 aliphatic rings. The van der Waals surface area contributed by atoms with Crippen LogP contribution in [0.1, 0.15) is 24.0 Å². The third kappa shape index (κ3) is 4.22. The third-order valence-corrected chi connectivity index (χ3v) is 6.63. The van der Waals surface area contributed by atoms with Crippen LogP contribution in [0.2, 0.25) is 0 Å². The maximum absolute atomic E-state index is 14.2. The van der Waals surface area contributed by atoms with Gasteiger partial charge in [-0.3, -0.25) is 9.96 Å². The van der Waals surface area contributed by atoms with Crippen LogP contribution < -0.4 is 15.3 Å². The van der Waals surface area contributed by atoms with Crippen LogP contribution >= 0.6 is 0 Å². The van der Waals surface area contributed by atoms with Gasteiger partial charge in [0.2, 0.25) is 11.8 Å². The number of halogens is 1. The van der Waals surface area contributed by atoms with Crippen LogP contribution in [0.3, 0.4) is 0 Å². The van der Waals surface area contributed by atoms with Crippen molar-refractivity contribution in [3.8, 4) is 11.3 Å². The molecule has 0 spiro atoms. The van der Waals surface area contributed by atoms with Crippen LogP contribution in [0.4, 0.5) is 21.8 Å². The Bertz CT molecular complexity index is 1150. The van der Waals surface area contributed by atoms with Gasteiger partial charge in [0.05, 0.1) is 11.3 Å². The summed E-state index contributed by atoms with van der Waals surface area (Å²) in [4.78, 5) is 12.0. The van der Waals surface area contributed by atoms with Gasteiger partial charge in [-0.25, -0.2) is 9.37 Å². The van der Waals surface area contributed by atoms with E-state index in [9.17, 15) is 9.60 Å². The molecule has 172 valence electrons. The van der Waals surface area contributed by atoms with Crippen molar-refractivity contribution in [3.63, 3.8) is 0 Å². The highest BCUT2D eigenvalue weighted by molar-refractivity contribution is 5.75. The molecular weight excluding hydrogens is 419 g/mol. The number of hydrogen-bond donors (Lipinski definition) is 2. The summed E-state index contributed by atoms with van der Waals surface area (Å²) in [6.07, 6.45) is 1.97. The zero-order valence-corrected chi connectivity index (χ0v) is 19.0. The van der Waals surface area contributed by atoms with E-state index in [1.54, 1.807) is 6.07 Å². The lowest BCUT2D eigenvalue weighted by Gasteiger charge is -2.44. The normalized spacial score (nSPS) is 21.6. The second-order valence-corrected chi connectivity index (χ2v) is 9.04. The molecule has 1 atom stereocenters. The molecular formula is C25H29FN6O. The van der Waals surface area contributed by atoms with Crippen LogP contribution in [-0.4, -0.2) is 47.7 Å². The summed E-state index contributed by atoms with van der Waals surface area (Å²) in [5.74, 6) is 0.600. The molecule has 0 saturated carbocycles. The van der Waals surface area contributed by atoms with Gasteiger partial charge in [0.1, 0.15) is 18.2 Å². The summed E-state index contributed by atoms with van der Waals surface area (Å²) < 4.78 is 13.1. The molecule has 3 aromatic rings. The number of rotatable bonds is 4. The van der Waals surface area contributed by atoms with Gasteiger partial charge in [-0.05, 0) is 75.8 Å². The van der Waals surface area contributed by atoms with E-state index < -0.39 is 4.65 Å². The molecule has 0 radical (unpaired) electrons. The van der Waals surface area contributed by atoms with Gasteiger partial charge in [0.25, 0.3) is 0 Å². The first kappa shape index (κ1) is 21.9. The van der Waals surface area contributed by atoms with E-state index in [4.69, 9.17) is 9.97 Å². The topological polar surface area (TPSA) is 76.1 Å². The van der Waals surface area contributed by atoms with E-state index in [0.717, 1.165) is 42.6 Å². The minimum absolute atomic E-state index is 0.184. The molecule has 7 nitrogen and oxygen atoms in total. The molecule has 1 saturated heterocycles. The van der Waals surface area contributed by atoms with Crippen molar-refractivity contribution in [1.82, 2.24) is 24.8 Å². The summed E-state index contributed by atoms with van der Waals surface area (Å²) in [6.45, 7) is 4.53. The molecule has 0 bridgehead atoms. The Labute approximate surface area is 193 Å². The number of likely N-dealkylation sites (tertiary alicyclic amines) is 1. The lowest BCUT2D eigenvalue weighted by molar-refractivity contribution is 0.263. The predicted molar refractivity (Wildman–Crippen MR) is 129 cm³/mol. The number of benzene rings is 2. The Kier molecular flexibility index (Phi) is 5.84. The highest BCUT2D eigenvalue weighted by Gasteiger charge is 2.36. The highest BCUT2D eigenvalue weighted by atomic mass is 19.1. The van der Waals surface area contributed by atoms with E-state index in [1.807, 2.05) is 37.3 Å². The number of anilines is 1. The third-order valence-electron chi connectivity index (χ3n) is 6.63. The molecule has 1 aromatic heterocycles. The molecule has 3 heterocycles. The van der Waals surface area contributed by atoms with Gasteiger partial charge in [-0.2, -0.15) is 4.98 Å². The van der Waals surface area contributed by atoms with Crippen LogP contribution in [0, 0.1) is 17.9 Å². The summed E-state index contributed by atoms with van der Waals surface area (Å²) in [6, 6.07) is 14.2. The van der Waals surface area contributed by atoms with Crippen molar-refractivity contribution in [1.29, 1.82) is 0 Å². The Hall–Kier alpha value is -2.91. The summed E-state index contributed by atoms with van der Waals surface area (Å²) in [7, 11) is 2.12. The summed E-state index contributed by atoms with van der Waals surface area (Å²) in [5, 5.41) is 21.0. The molecule has 0 aliphatic carbocycles. The molecule has 1 fully saturated rings. The number of hydrogen-bond acceptors (Lipinski definition) is 6. The van der Waals surface area contributed by atoms with Gasteiger partial charge in [-0.15, -0.1) is 0 Å². The molecule has 0 amide bonds. The first-order valence-corrected chi connectivity index (χ1v) is 11.4. The number of piperidine rings is 1. The van der Waals surface area contributed by atoms with Crippen molar-refractivity contribution >= 4 is 17.5 Å². The quantitative estimate of drug-likeness (QED) is 0.458. The average molecular weight is 449 g/mol. The molecule has 1 unspecified atom stereocenters. The minimum Gasteiger partial charge on any atom is -0.620 e. The number of nitrogens with one attached hydrogen (secondary N) is 2. The molecule has 2 aliphatic heterocycles. The SMILES string of the molecule is Cc1cc(F)ccc1-c1nc(NC2CCN(C)CC2)nc2c1CNC[N+]2([O-])c1ccccc1. The number of aromatic nitrogens is 2. The van der Waals surface area contributed by atoms with Crippen LogP contribution in [0.25, 0.3) is 11.3 Å². The number of hydroxylamine groups is 1. The zero-order valence-electron chi connectivity index (χ0n) is 19.0. The largest absolute Gasteiger partial charge is 0.620 e.